The van der Waals surface area contributed by atoms with Gasteiger partial charge in [-0.2, -0.15) is 0 Å². The predicted molar refractivity (Wildman–Crippen MR) is 231 cm³/mol. The van der Waals surface area contributed by atoms with E-state index in [2.05, 4.69) is 121 Å². The molecule has 0 atom stereocenters. The van der Waals surface area contributed by atoms with Crippen LogP contribution in [-0.4, -0.2) is 13.4 Å². The maximum absolute atomic E-state index is 2.64. The van der Waals surface area contributed by atoms with Gasteiger partial charge in [0.2, 0.25) is 13.4 Å². The van der Waals surface area contributed by atoms with Crippen LogP contribution in [0.4, 0.5) is 0 Å². The Hall–Kier alpha value is -5.07. The fourth-order valence-electron chi connectivity index (χ4n) is 14.1. The molecule has 2 heteroatoms. The maximum atomic E-state index is 2.64. The highest BCUT2D eigenvalue weighted by Gasteiger charge is 2.51. The third-order valence-corrected chi connectivity index (χ3v) is 15.9. The number of hydrogen-bond acceptors (Lipinski definition) is 0. The summed E-state index contributed by atoms with van der Waals surface area (Å²) in [5, 5.41) is 8.78. The molecular formula is C52H40B2. The van der Waals surface area contributed by atoms with Crippen LogP contribution >= 0.6 is 0 Å². The molecule has 2 fully saturated rings. The van der Waals surface area contributed by atoms with Crippen LogP contribution < -0.4 is 32.8 Å². The molecule has 0 amide bonds. The lowest BCUT2D eigenvalue weighted by Crippen LogP contribution is -2.64. The predicted octanol–water partition coefficient (Wildman–Crippen LogP) is 8.70. The van der Waals surface area contributed by atoms with Crippen LogP contribution in [0, 0.1) is 0 Å². The quantitative estimate of drug-likeness (QED) is 0.111. The van der Waals surface area contributed by atoms with Crippen LogP contribution in [0.3, 0.4) is 0 Å². The van der Waals surface area contributed by atoms with Crippen molar-refractivity contribution in [2.45, 2.75) is 75.0 Å². The van der Waals surface area contributed by atoms with Gasteiger partial charge in [0.15, 0.2) is 0 Å². The summed E-state index contributed by atoms with van der Waals surface area (Å²) in [6, 6.07) is 49.3. The first kappa shape index (κ1) is 29.3. The second-order valence-corrected chi connectivity index (χ2v) is 18.0. The molecule has 2 saturated carbocycles. The van der Waals surface area contributed by atoms with Crippen LogP contribution in [0.2, 0.25) is 0 Å². The van der Waals surface area contributed by atoms with Crippen LogP contribution in [0.1, 0.15) is 86.5 Å². The van der Waals surface area contributed by atoms with E-state index < -0.39 is 0 Å². The number of fused-ring (bicyclic) bond motifs is 12. The van der Waals surface area contributed by atoms with E-state index in [1.54, 1.807) is 44.1 Å². The largest absolute Gasteiger partial charge is 0.243 e. The Balaban J connectivity index is 1.11. The SMILES string of the molecule is c1ccc2c(c1)B1c3c(cccc3C23CCCCC3)-c2ccc3cc4c5c(ccc6cc1c2c3c65)-c1cccc2c1B4c1ccccc1C21CCCCC1. The van der Waals surface area contributed by atoms with E-state index in [1.807, 2.05) is 0 Å². The zero-order valence-corrected chi connectivity index (χ0v) is 30.8. The Bertz CT molecular complexity index is 2770. The molecule has 2 aliphatic carbocycles. The maximum Gasteiger partial charge on any atom is 0.243 e. The summed E-state index contributed by atoms with van der Waals surface area (Å²) in [7, 11) is 0. The zero-order valence-electron chi connectivity index (χ0n) is 30.8. The Morgan fingerprint density at radius 3 is 1.22 bits per heavy atom. The third kappa shape index (κ3) is 3.24. The molecular weight excluding hydrogens is 646 g/mol. The summed E-state index contributed by atoms with van der Waals surface area (Å²) >= 11 is 0. The van der Waals surface area contributed by atoms with Crippen molar-refractivity contribution in [1.82, 2.24) is 0 Å². The van der Waals surface area contributed by atoms with Gasteiger partial charge in [-0.1, -0.05) is 193 Å². The van der Waals surface area contributed by atoms with Crippen LogP contribution in [0.15, 0.2) is 121 Å². The van der Waals surface area contributed by atoms with Crippen LogP contribution in [0.25, 0.3) is 54.6 Å². The first-order valence-corrected chi connectivity index (χ1v) is 21.0. The smallest absolute Gasteiger partial charge is 0.0667 e. The molecule has 8 aromatic rings. The fourth-order valence-corrected chi connectivity index (χ4v) is 14.1. The molecule has 254 valence electrons. The van der Waals surface area contributed by atoms with Crippen molar-refractivity contribution in [1.29, 1.82) is 0 Å². The van der Waals surface area contributed by atoms with E-state index in [4.69, 9.17) is 0 Å². The summed E-state index contributed by atoms with van der Waals surface area (Å²) in [6.07, 6.45) is 13.1. The number of rotatable bonds is 0. The van der Waals surface area contributed by atoms with Crippen LogP contribution in [0.5, 0.6) is 0 Å². The van der Waals surface area contributed by atoms with Crippen molar-refractivity contribution in [3.05, 3.63) is 144 Å². The van der Waals surface area contributed by atoms with Gasteiger partial charge in [0.25, 0.3) is 0 Å². The molecule has 14 rings (SSSR count). The lowest BCUT2D eigenvalue weighted by Gasteiger charge is -2.48. The highest BCUT2D eigenvalue weighted by molar-refractivity contribution is 7.01. The molecule has 0 aromatic heterocycles. The molecule has 4 aliphatic heterocycles. The van der Waals surface area contributed by atoms with Gasteiger partial charge >= 0.3 is 0 Å². The lowest BCUT2D eigenvalue weighted by molar-refractivity contribution is 0.348. The van der Waals surface area contributed by atoms with Crippen molar-refractivity contribution in [3.63, 3.8) is 0 Å². The minimum atomic E-state index is 0.130. The summed E-state index contributed by atoms with van der Waals surface area (Å²) in [6.45, 7) is 0.516. The first-order valence-electron chi connectivity index (χ1n) is 21.0. The average molecular weight is 687 g/mol. The second kappa shape index (κ2) is 9.96. The molecule has 0 N–H and O–H groups in total. The van der Waals surface area contributed by atoms with Gasteiger partial charge in [0, 0.05) is 10.8 Å². The minimum absolute atomic E-state index is 0.130. The summed E-state index contributed by atoms with van der Waals surface area (Å²) < 4.78 is 0. The molecule has 0 unspecified atom stereocenters. The third-order valence-electron chi connectivity index (χ3n) is 15.9. The fraction of sp³-hybridized carbons (Fsp3) is 0.231. The topological polar surface area (TPSA) is 0 Å². The summed E-state index contributed by atoms with van der Waals surface area (Å²) in [5.41, 5.74) is 21.9. The van der Waals surface area contributed by atoms with Gasteiger partial charge in [-0.05, 0) is 103 Å². The van der Waals surface area contributed by atoms with Crippen molar-refractivity contribution in [2.75, 3.05) is 0 Å². The molecule has 0 nitrogen and oxygen atoms in total. The molecule has 6 aliphatic rings. The van der Waals surface area contributed by atoms with Gasteiger partial charge in [-0.15, -0.1) is 0 Å². The van der Waals surface area contributed by atoms with Gasteiger partial charge in [-0.3, -0.25) is 0 Å². The standard InChI is InChI=1S/C52H40B2/c1-7-25-51(26-8-1)37-15-3-5-19-41(37)53-43-29-31-22-24-34-36-14-12-18-40-50(36)54(42-20-6-4-16-38(42)52(40)27-9-2-10-28-52)44-30-32-21-23-33(35-13-11-17-39(51)49(35)53)47(43)45(32)46(31)48(34)44/h3-6,11-24,29-30H,1-2,7-10,25-28H2. The monoisotopic (exact) mass is 686 g/mol. The zero-order chi connectivity index (χ0) is 34.9. The van der Waals surface area contributed by atoms with Crippen molar-refractivity contribution >= 4 is 78.5 Å². The van der Waals surface area contributed by atoms with E-state index in [9.17, 15) is 0 Å². The van der Waals surface area contributed by atoms with Gasteiger partial charge in [0.05, 0.1) is 0 Å². The normalized spacial score (nSPS) is 19.0. The Kier molecular flexibility index (Phi) is 5.41. The van der Waals surface area contributed by atoms with E-state index in [0.717, 1.165) is 0 Å². The Labute approximate surface area is 318 Å². The highest BCUT2D eigenvalue weighted by Crippen LogP contribution is 2.51. The summed E-state index contributed by atoms with van der Waals surface area (Å²) in [4.78, 5) is 0. The molecule has 0 saturated heterocycles. The van der Waals surface area contributed by atoms with Crippen molar-refractivity contribution in [2.24, 2.45) is 0 Å². The van der Waals surface area contributed by atoms with Crippen LogP contribution in [-0.2, 0) is 10.8 Å². The molecule has 4 heterocycles. The minimum Gasteiger partial charge on any atom is -0.0667 e. The first-order chi connectivity index (χ1) is 26.8. The van der Waals surface area contributed by atoms with Gasteiger partial charge < -0.3 is 0 Å². The molecule has 54 heavy (non-hydrogen) atoms. The lowest BCUT2D eigenvalue weighted by atomic mass is 9.27. The average Bonchev–Trinajstić information content (AvgIpc) is 3.24. The molecule has 8 aromatic carbocycles. The van der Waals surface area contributed by atoms with E-state index >= 15 is 0 Å². The van der Waals surface area contributed by atoms with Gasteiger partial charge in [0.1, 0.15) is 0 Å². The summed E-state index contributed by atoms with van der Waals surface area (Å²) in [5.74, 6) is 0. The van der Waals surface area contributed by atoms with Gasteiger partial charge in [-0.25, -0.2) is 0 Å². The van der Waals surface area contributed by atoms with Crippen molar-refractivity contribution < 1.29 is 0 Å². The molecule has 2 spiro atoms. The Morgan fingerprint density at radius 1 is 0.333 bits per heavy atom. The Morgan fingerprint density at radius 2 is 0.759 bits per heavy atom. The molecule has 0 bridgehead atoms. The second-order valence-electron chi connectivity index (χ2n) is 18.0. The van der Waals surface area contributed by atoms with Crippen molar-refractivity contribution in [3.8, 4) is 22.3 Å². The number of hydrogen-bond donors (Lipinski definition) is 0. The van der Waals surface area contributed by atoms with E-state index in [1.165, 1.54) is 130 Å². The molecule has 0 radical (unpaired) electrons. The number of benzene rings is 8. The van der Waals surface area contributed by atoms with E-state index in [0.29, 0.717) is 0 Å². The van der Waals surface area contributed by atoms with E-state index in [-0.39, 0.29) is 24.3 Å². The highest BCUT2D eigenvalue weighted by atomic mass is 14.5.